The number of carboxylic acid groups (broad SMARTS) is 1. The van der Waals surface area contributed by atoms with E-state index in [4.69, 9.17) is 10.5 Å². The maximum absolute atomic E-state index is 13.8. The second-order valence-electron chi connectivity index (χ2n) is 10.3. The molecule has 13 nitrogen and oxygen atoms in total. The number of nitrogens with two attached hydrogens (primary N) is 1. The molecule has 6 N–H and O–H groups in total. The summed E-state index contributed by atoms with van der Waals surface area (Å²) < 4.78 is 5.65. The Hall–Kier alpha value is -4.10. The van der Waals surface area contributed by atoms with E-state index in [1.807, 2.05) is 0 Å². The Morgan fingerprint density at radius 1 is 1.17 bits per heavy atom. The van der Waals surface area contributed by atoms with Crippen LogP contribution >= 0.6 is 0 Å². The molecule has 1 unspecified atom stereocenters. The summed E-state index contributed by atoms with van der Waals surface area (Å²) >= 11 is 0. The Balaban J connectivity index is 2.35. The number of ether oxygens (including phenoxy) is 1. The number of hydrogen-bond acceptors (Lipinski definition) is 9. The predicted molar refractivity (Wildman–Crippen MR) is 146 cm³/mol. The number of hydrogen-bond donors (Lipinski definition) is 5. The van der Waals surface area contributed by atoms with Crippen molar-refractivity contribution in [1.29, 1.82) is 0 Å². The third-order valence-electron chi connectivity index (χ3n) is 6.74. The number of nitrogens with one attached hydrogen (secondary N) is 2. The first-order valence-electron chi connectivity index (χ1n) is 13.2. The highest BCUT2D eigenvalue weighted by Gasteiger charge is 2.47. The van der Waals surface area contributed by atoms with Gasteiger partial charge in [-0.05, 0) is 23.6 Å². The molecule has 3 amide bonds. The van der Waals surface area contributed by atoms with E-state index in [9.17, 15) is 39.0 Å². The second kappa shape index (κ2) is 15.1. The van der Waals surface area contributed by atoms with Gasteiger partial charge in [-0.25, -0.2) is 0 Å². The molecule has 0 aliphatic carbocycles. The summed E-state index contributed by atoms with van der Waals surface area (Å²) in [6.45, 7) is 8.21. The van der Waals surface area contributed by atoms with Crippen LogP contribution in [0.15, 0.2) is 36.9 Å². The molecule has 0 aromatic heterocycles. The quantitative estimate of drug-likeness (QED) is 0.104. The van der Waals surface area contributed by atoms with E-state index in [-0.39, 0.29) is 38.0 Å². The van der Waals surface area contributed by atoms with Crippen molar-refractivity contribution in [1.82, 2.24) is 15.5 Å². The van der Waals surface area contributed by atoms with Crippen molar-refractivity contribution in [3.8, 4) is 5.75 Å². The van der Waals surface area contributed by atoms with Crippen LogP contribution in [0.1, 0.15) is 32.8 Å². The van der Waals surface area contributed by atoms with Crippen LogP contribution in [-0.4, -0.2) is 94.3 Å². The van der Waals surface area contributed by atoms with Gasteiger partial charge in [0.15, 0.2) is 5.78 Å². The lowest BCUT2D eigenvalue weighted by Crippen LogP contribution is -2.58. The zero-order chi connectivity index (χ0) is 30.9. The summed E-state index contributed by atoms with van der Waals surface area (Å²) in [5.74, 6) is -6.65. The summed E-state index contributed by atoms with van der Waals surface area (Å²) in [4.78, 5) is 76.6. The number of carboxylic acids is 1. The first-order chi connectivity index (χ1) is 19.3. The number of carbonyl (C=O) groups excluding carboxylic acids is 5. The minimum Gasteiger partial charge on any atom is -0.508 e. The summed E-state index contributed by atoms with van der Waals surface area (Å²) in [6, 6.07) is 0.950. The van der Waals surface area contributed by atoms with Crippen molar-refractivity contribution in [2.24, 2.45) is 17.6 Å². The summed E-state index contributed by atoms with van der Waals surface area (Å²) in [7, 11) is 0. The number of aromatic hydroxyl groups is 1. The number of Topliss-reactive ketones (excluding diaryl/α,β-unsaturated/α-hetero) is 1. The molecule has 41 heavy (non-hydrogen) atoms. The lowest BCUT2D eigenvalue weighted by Gasteiger charge is -2.32. The van der Waals surface area contributed by atoms with E-state index in [0.717, 1.165) is 4.90 Å². The van der Waals surface area contributed by atoms with Crippen molar-refractivity contribution in [3.63, 3.8) is 0 Å². The van der Waals surface area contributed by atoms with Crippen molar-refractivity contribution < 1.29 is 43.7 Å². The normalized spacial score (nSPS) is 19.5. The molecule has 224 valence electrons. The number of rotatable bonds is 15. The molecule has 1 aliphatic heterocycles. The summed E-state index contributed by atoms with van der Waals surface area (Å²) in [5.41, 5.74) is 6.26. The van der Waals surface area contributed by atoms with Gasteiger partial charge in [0.1, 0.15) is 30.0 Å². The number of phenolic OH excluding ortho intramolecular Hbond substituents is 1. The SMILES string of the molecule is C=CCO[C@@H]1C[C@@H](C(=O)C(C(=O)O)[C@H](N)C=O)N(C(=O)[C@@H](NC(=O)[C@H](Cc2ccc(O)cc2)NC(C)=O)C(C)C)C1. The van der Waals surface area contributed by atoms with E-state index in [1.54, 1.807) is 26.0 Å². The molecule has 0 radical (unpaired) electrons. The van der Waals surface area contributed by atoms with Gasteiger partial charge in [0.2, 0.25) is 17.7 Å². The largest absolute Gasteiger partial charge is 0.508 e. The predicted octanol–water partition coefficient (Wildman–Crippen LogP) is -0.452. The van der Waals surface area contributed by atoms with Crippen LogP contribution in [-0.2, 0) is 39.9 Å². The molecule has 0 saturated carbocycles. The number of carbonyl (C=O) groups is 6. The zero-order valence-corrected chi connectivity index (χ0v) is 23.3. The Morgan fingerprint density at radius 2 is 1.80 bits per heavy atom. The van der Waals surface area contributed by atoms with Crippen molar-refractivity contribution in [2.75, 3.05) is 13.2 Å². The molecule has 1 saturated heterocycles. The van der Waals surface area contributed by atoms with E-state index in [2.05, 4.69) is 17.2 Å². The van der Waals surface area contributed by atoms with Gasteiger partial charge in [-0.1, -0.05) is 32.1 Å². The van der Waals surface area contributed by atoms with Gasteiger partial charge in [-0.15, -0.1) is 6.58 Å². The molecular formula is C28H38N4O9. The van der Waals surface area contributed by atoms with Gasteiger partial charge in [0.05, 0.1) is 24.8 Å². The third kappa shape index (κ3) is 8.95. The highest BCUT2D eigenvalue weighted by molar-refractivity contribution is 6.05. The molecule has 0 spiro atoms. The monoisotopic (exact) mass is 574 g/mol. The number of aldehydes is 1. The van der Waals surface area contributed by atoms with Crippen LogP contribution < -0.4 is 16.4 Å². The first-order valence-corrected chi connectivity index (χ1v) is 13.2. The lowest BCUT2D eigenvalue weighted by molar-refractivity contribution is -0.152. The van der Waals surface area contributed by atoms with Gasteiger partial charge >= 0.3 is 5.97 Å². The van der Waals surface area contributed by atoms with E-state index in [0.29, 0.717) is 5.56 Å². The van der Waals surface area contributed by atoms with Crippen LogP contribution in [0.25, 0.3) is 0 Å². The van der Waals surface area contributed by atoms with Crippen LogP contribution in [0.3, 0.4) is 0 Å². The van der Waals surface area contributed by atoms with Crippen LogP contribution in [0.4, 0.5) is 0 Å². The Kier molecular flexibility index (Phi) is 12.2. The zero-order valence-electron chi connectivity index (χ0n) is 23.3. The number of aliphatic carboxylic acids is 1. The minimum absolute atomic E-state index is 0.0315. The number of nitrogens with zero attached hydrogens (tertiary/aromatic N) is 1. The first kappa shape index (κ1) is 33.1. The lowest BCUT2D eigenvalue weighted by atomic mass is 9.90. The molecule has 1 fully saturated rings. The average Bonchev–Trinajstić information content (AvgIpc) is 3.34. The van der Waals surface area contributed by atoms with Crippen LogP contribution in [0, 0.1) is 11.8 Å². The fourth-order valence-electron chi connectivity index (χ4n) is 4.67. The highest BCUT2D eigenvalue weighted by atomic mass is 16.5. The summed E-state index contributed by atoms with van der Waals surface area (Å²) in [5, 5.41) is 24.4. The fraction of sp³-hybridized carbons (Fsp3) is 0.500. The van der Waals surface area contributed by atoms with Gasteiger partial charge in [-0.2, -0.15) is 0 Å². The fourth-order valence-corrected chi connectivity index (χ4v) is 4.67. The third-order valence-corrected chi connectivity index (χ3v) is 6.74. The number of amides is 3. The van der Waals surface area contributed by atoms with Crippen molar-refractivity contribution in [2.45, 2.75) is 63.9 Å². The highest BCUT2D eigenvalue weighted by Crippen LogP contribution is 2.26. The average molecular weight is 575 g/mol. The van der Waals surface area contributed by atoms with E-state index >= 15 is 0 Å². The molecule has 6 atom stereocenters. The van der Waals surface area contributed by atoms with Crippen molar-refractivity contribution >= 4 is 35.8 Å². The molecule has 1 aliphatic rings. The minimum atomic E-state index is -1.88. The van der Waals surface area contributed by atoms with Crippen molar-refractivity contribution in [3.05, 3.63) is 42.5 Å². The van der Waals surface area contributed by atoms with Crippen LogP contribution in [0.2, 0.25) is 0 Å². The van der Waals surface area contributed by atoms with E-state index < -0.39 is 71.6 Å². The Bertz CT molecular complexity index is 1140. The smallest absolute Gasteiger partial charge is 0.316 e. The topological polar surface area (TPSA) is 205 Å². The van der Waals surface area contributed by atoms with Gasteiger partial charge in [0.25, 0.3) is 0 Å². The molecular weight excluding hydrogens is 536 g/mol. The molecule has 13 heteroatoms. The number of likely N-dealkylation sites (tertiary alicyclic amines) is 1. The number of benzene rings is 1. The number of ketones is 1. The summed E-state index contributed by atoms with van der Waals surface area (Å²) in [6.07, 6.45) is 1.03. The molecule has 2 rings (SSSR count). The standard InChI is InChI=1S/C28H38N4O9/c1-5-10-41-19-12-22(25(36)23(28(39)40)20(29)14-33)32(13-19)27(38)24(15(2)3)31-26(37)21(30-16(4)34)11-17-6-8-18(35)9-7-17/h5-9,14-15,19-24,35H,1,10-13,29H2,2-4H3,(H,30,34)(H,31,37)(H,39,40)/t19-,20-,21+,22+,23?,24+/m1/s1. The maximum atomic E-state index is 13.8. The molecule has 1 heterocycles. The number of phenols is 1. The molecule has 0 bridgehead atoms. The second-order valence-corrected chi connectivity index (χ2v) is 10.3. The van der Waals surface area contributed by atoms with E-state index in [1.165, 1.54) is 25.1 Å². The Morgan fingerprint density at radius 3 is 2.32 bits per heavy atom. The van der Waals surface area contributed by atoms with Crippen LogP contribution in [0.5, 0.6) is 5.75 Å². The molecule has 1 aromatic rings. The maximum Gasteiger partial charge on any atom is 0.316 e. The van der Waals surface area contributed by atoms with Gasteiger partial charge < -0.3 is 41.0 Å². The van der Waals surface area contributed by atoms with Gasteiger partial charge in [0, 0.05) is 26.3 Å². The molecule has 1 aromatic carbocycles. The van der Waals surface area contributed by atoms with Gasteiger partial charge in [-0.3, -0.25) is 24.0 Å². The Labute approximate surface area is 238 Å².